The molecule has 2 aliphatic heterocycles. The predicted molar refractivity (Wildman–Crippen MR) is 40.1 cm³/mol. The minimum atomic E-state index is 0.454. The molecule has 2 rings (SSSR count). The van der Waals surface area contributed by atoms with Gasteiger partial charge in [0, 0.05) is 13.2 Å². The van der Waals surface area contributed by atoms with Gasteiger partial charge in [-0.05, 0) is 12.8 Å². The lowest BCUT2D eigenvalue weighted by atomic mass is 10.2. The molecule has 0 aromatic carbocycles. The lowest BCUT2D eigenvalue weighted by Crippen LogP contribution is -2.13. The Hall–Kier alpha value is -0.0800. The van der Waals surface area contributed by atoms with Crippen molar-refractivity contribution in [3.05, 3.63) is 0 Å². The Labute approximate surface area is 62.5 Å². The van der Waals surface area contributed by atoms with Gasteiger partial charge in [-0.1, -0.05) is 13.8 Å². The highest BCUT2D eigenvalue weighted by Gasteiger charge is 2.33. The minimum Gasteiger partial charge on any atom is -0.375 e. The van der Waals surface area contributed by atoms with Crippen molar-refractivity contribution in [2.45, 2.75) is 38.9 Å². The maximum absolute atomic E-state index is 5.35. The van der Waals surface area contributed by atoms with Crippen molar-refractivity contribution >= 4 is 0 Å². The van der Waals surface area contributed by atoms with E-state index in [1.54, 1.807) is 0 Å². The highest BCUT2D eigenvalue weighted by Crippen LogP contribution is 2.25. The first-order valence-corrected chi connectivity index (χ1v) is 4.20. The minimum absolute atomic E-state index is 0.454. The van der Waals surface area contributed by atoms with Gasteiger partial charge in [0.2, 0.25) is 0 Å². The summed E-state index contributed by atoms with van der Waals surface area (Å²) in [5.74, 6) is 0. The molecule has 2 atom stereocenters. The van der Waals surface area contributed by atoms with Crippen LogP contribution in [0.4, 0.5) is 0 Å². The van der Waals surface area contributed by atoms with Crippen LogP contribution in [0.1, 0.15) is 26.7 Å². The molecule has 0 N–H and O–H groups in total. The van der Waals surface area contributed by atoms with E-state index in [4.69, 9.17) is 9.47 Å². The van der Waals surface area contributed by atoms with Crippen LogP contribution in [0.15, 0.2) is 0 Å². The zero-order valence-corrected chi connectivity index (χ0v) is 6.80. The van der Waals surface area contributed by atoms with Crippen molar-refractivity contribution in [3.8, 4) is 0 Å². The molecule has 2 saturated heterocycles. The van der Waals surface area contributed by atoms with Crippen LogP contribution in [0, 0.1) is 0 Å². The van der Waals surface area contributed by atoms with Gasteiger partial charge in [0.1, 0.15) is 0 Å². The maximum Gasteiger partial charge on any atom is 0.0859 e. The van der Waals surface area contributed by atoms with E-state index in [9.17, 15) is 0 Å². The molecule has 60 valence electrons. The molecule has 0 unspecified atom stereocenters. The smallest absolute Gasteiger partial charge is 0.0859 e. The fourth-order valence-electron chi connectivity index (χ4n) is 1.42. The van der Waals surface area contributed by atoms with Crippen molar-refractivity contribution in [3.63, 3.8) is 0 Å². The average molecular weight is 144 g/mol. The van der Waals surface area contributed by atoms with E-state index >= 15 is 0 Å². The van der Waals surface area contributed by atoms with Gasteiger partial charge in [0.05, 0.1) is 12.2 Å². The molecule has 0 aromatic rings. The molecule has 0 aliphatic carbocycles. The molecule has 2 fully saturated rings. The molecule has 0 radical (unpaired) electrons. The second kappa shape index (κ2) is 3.94. The zero-order valence-electron chi connectivity index (χ0n) is 6.80. The Balaban J connectivity index is 0.000000231. The third kappa shape index (κ3) is 1.50. The van der Waals surface area contributed by atoms with E-state index in [1.807, 2.05) is 13.8 Å². The summed E-state index contributed by atoms with van der Waals surface area (Å²) in [6.45, 7) is 5.82. The molecular formula is C8H16O2. The summed E-state index contributed by atoms with van der Waals surface area (Å²) in [5, 5.41) is 0. The Morgan fingerprint density at radius 2 is 1.30 bits per heavy atom. The van der Waals surface area contributed by atoms with Gasteiger partial charge in [-0.2, -0.15) is 0 Å². The molecule has 2 heteroatoms. The van der Waals surface area contributed by atoms with Gasteiger partial charge in [-0.25, -0.2) is 0 Å². The fraction of sp³-hybridized carbons (Fsp3) is 1.00. The van der Waals surface area contributed by atoms with E-state index in [1.165, 1.54) is 0 Å². The Morgan fingerprint density at radius 1 is 0.900 bits per heavy atom. The van der Waals surface area contributed by atoms with Crippen LogP contribution in [0.25, 0.3) is 0 Å². The van der Waals surface area contributed by atoms with Gasteiger partial charge < -0.3 is 9.47 Å². The standard InChI is InChI=1S/C6H10O2.C2H6/c1-3-7-6-2-4-8-5(1)6;1-2/h5-6H,1-4H2;1-2H3/t5-,6-;/m1./s1. The van der Waals surface area contributed by atoms with Crippen molar-refractivity contribution in [1.29, 1.82) is 0 Å². The van der Waals surface area contributed by atoms with Crippen molar-refractivity contribution in [2.24, 2.45) is 0 Å². The third-order valence-corrected chi connectivity index (χ3v) is 1.88. The highest BCUT2D eigenvalue weighted by molar-refractivity contribution is 4.81. The molecule has 0 bridgehead atoms. The fourth-order valence-corrected chi connectivity index (χ4v) is 1.42. The monoisotopic (exact) mass is 144 g/mol. The van der Waals surface area contributed by atoms with Crippen LogP contribution in [-0.2, 0) is 9.47 Å². The topological polar surface area (TPSA) is 18.5 Å². The molecule has 0 spiro atoms. The third-order valence-electron chi connectivity index (χ3n) is 1.88. The van der Waals surface area contributed by atoms with Crippen LogP contribution >= 0.6 is 0 Å². The van der Waals surface area contributed by atoms with Crippen LogP contribution in [-0.4, -0.2) is 25.4 Å². The highest BCUT2D eigenvalue weighted by atomic mass is 16.6. The molecule has 0 amide bonds. The Morgan fingerprint density at radius 3 is 1.70 bits per heavy atom. The van der Waals surface area contributed by atoms with Crippen molar-refractivity contribution in [2.75, 3.05) is 13.2 Å². The summed E-state index contributed by atoms with van der Waals surface area (Å²) in [6, 6.07) is 0. The zero-order chi connectivity index (χ0) is 7.40. The molecule has 0 aromatic heterocycles. The first-order valence-electron chi connectivity index (χ1n) is 4.20. The second-order valence-electron chi connectivity index (χ2n) is 2.40. The van der Waals surface area contributed by atoms with Crippen LogP contribution in [0.3, 0.4) is 0 Å². The summed E-state index contributed by atoms with van der Waals surface area (Å²) in [5.41, 5.74) is 0. The van der Waals surface area contributed by atoms with Gasteiger partial charge in [-0.3, -0.25) is 0 Å². The molecule has 2 heterocycles. The molecule has 10 heavy (non-hydrogen) atoms. The number of ether oxygens (including phenoxy) is 2. The Bertz CT molecular complexity index is 73.3. The molecular weight excluding hydrogens is 128 g/mol. The number of fused-ring (bicyclic) bond motifs is 1. The van der Waals surface area contributed by atoms with Gasteiger partial charge in [0.15, 0.2) is 0 Å². The van der Waals surface area contributed by atoms with E-state index in [0.29, 0.717) is 12.2 Å². The van der Waals surface area contributed by atoms with Gasteiger partial charge in [0.25, 0.3) is 0 Å². The molecule has 2 nitrogen and oxygen atoms in total. The summed E-state index contributed by atoms with van der Waals surface area (Å²) < 4.78 is 10.7. The van der Waals surface area contributed by atoms with Crippen LogP contribution in [0.5, 0.6) is 0 Å². The van der Waals surface area contributed by atoms with Gasteiger partial charge >= 0.3 is 0 Å². The van der Waals surface area contributed by atoms with E-state index in [-0.39, 0.29) is 0 Å². The summed E-state index contributed by atoms with van der Waals surface area (Å²) in [7, 11) is 0. The van der Waals surface area contributed by atoms with Crippen LogP contribution in [0.2, 0.25) is 0 Å². The SMILES string of the molecule is C1C[C@H]2OCC[C@H]2O1.CC. The first kappa shape index (κ1) is 8.02. The van der Waals surface area contributed by atoms with Crippen molar-refractivity contribution in [1.82, 2.24) is 0 Å². The van der Waals surface area contributed by atoms with E-state index in [0.717, 1.165) is 26.1 Å². The first-order chi connectivity index (χ1) is 4.97. The van der Waals surface area contributed by atoms with E-state index in [2.05, 4.69) is 0 Å². The lowest BCUT2D eigenvalue weighted by molar-refractivity contribution is 0.0732. The predicted octanol–water partition coefficient (Wildman–Crippen LogP) is 1.59. The number of hydrogen-bond donors (Lipinski definition) is 0. The summed E-state index contributed by atoms with van der Waals surface area (Å²) in [4.78, 5) is 0. The lowest BCUT2D eigenvalue weighted by Gasteiger charge is -2.03. The van der Waals surface area contributed by atoms with Gasteiger partial charge in [-0.15, -0.1) is 0 Å². The maximum atomic E-state index is 5.35. The number of rotatable bonds is 0. The Kier molecular flexibility index (Phi) is 3.16. The largest absolute Gasteiger partial charge is 0.375 e. The molecule has 0 saturated carbocycles. The normalized spacial score (nSPS) is 36.6. The average Bonchev–Trinajstić information content (AvgIpc) is 2.49. The quantitative estimate of drug-likeness (QED) is 0.514. The summed E-state index contributed by atoms with van der Waals surface area (Å²) >= 11 is 0. The van der Waals surface area contributed by atoms with Crippen molar-refractivity contribution < 1.29 is 9.47 Å². The van der Waals surface area contributed by atoms with E-state index < -0.39 is 0 Å². The summed E-state index contributed by atoms with van der Waals surface area (Å²) in [6.07, 6.45) is 3.14. The van der Waals surface area contributed by atoms with Crippen LogP contribution < -0.4 is 0 Å². The molecule has 2 aliphatic rings. The number of hydrogen-bond acceptors (Lipinski definition) is 2. The second-order valence-corrected chi connectivity index (χ2v) is 2.40.